The first-order chi connectivity index (χ1) is 7.31. The van der Waals surface area contributed by atoms with Crippen LogP contribution in [-0.4, -0.2) is 18.6 Å². The molecule has 1 atom stereocenters. The highest BCUT2D eigenvalue weighted by molar-refractivity contribution is 7.98. The minimum absolute atomic E-state index is 0.146. The van der Waals surface area contributed by atoms with Crippen molar-refractivity contribution in [2.45, 2.75) is 18.9 Å². The van der Waals surface area contributed by atoms with Crippen molar-refractivity contribution in [1.29, 1.82) is 0 Å². The molecule has 2 nitrogen and oxygen atoms in total. The summed E-state index contributed by atoms with van der Waals surface area (Å²) in [6.45, 7) is 0.850. The summed E-state index contributed by atoms with van der Waals surface area (Å²) < 4.78 is 5.57. The van der Waals surface area contributed by atoms with E-state index in [0.29, 0.717) is 0 Å². The molecule has 2 N–H and O–H groups in total. The third-order valence-corrected chi connectivity index (χ3v) is 3.40. The van der Waals surface area contributed by atoms with Gasteiger partial charge in [0.15, 0.2) is 0 Å². The molecular formula is C12H17NOS. The summed E-state index contributed by atoms with van der Waals surface area (Å²) in [6.07, 6.45) is 4.32. The summed E-state index contributed by atoms with van der Waals surface area (Å²) in [5, 5.41) is 0. The first kappa shape index (κ1) is 10.8. The number of aryl methyl sites for hydroxylation is 1. The Hall–Kier alpha value is -0.670. The number of hydrogen-bond acceptors (Lipinski definition) is 3. The van der Waals surface area contributed by atoms with Gasteiger partial charge in [0, 0.05) is 11.8 Å². The summed E-state index contributed by atoms with van der Waals surface area (Å²) in [7, 11) is 0. The lowest BCUT2D eigenvalue weighted by Gasteiger charge is -2.19. The molecule has 82 valence electrons. The average Bonchev–Trinajstić information content (AvgIpc) is 2.29. The molecule has 0 aliphatic carbocycles. The van der Waals surface area contributed by atoms with Crippen LogP contribution in [0.15, 0.2) is 18.2 Å². The van der Waals surface area contributed by atoms with Gasteiger partial charge in [0.1, 0.15) is 5.75 Å². The van der Waals surface area contributed by atoms with Gasteiger partial charge in [-0.3, -0.25) is 0 Å². The molecule has 15 heavy (non-hydrogen) atoms. The average molecular weight is 223 g/mol. The lowest BCUT2D eigenvalue weighted by molar-refractivity contribution is 0.288. The minimum atomic E-state index is 0.146. The van der Waals surface area contributed by atoms with Gasteiger partial charge in [0.25, 0.3) is 0 Å². The van der Waals surface area contributed by atoms with Gasteiger partial charge in [-0.2, -0.15) is 11.8 Å². The molecule has 3 heteroatoms. The summed E-state index contributed by atoms with van der Waals surface area (Å²) in [6, 6.07) is 6.50. The molecule has 1 unspecified atom stereocenters. The molecule has 0 amide bonds. The summed E-state index contributed by atoms with van der Waals surface area (Å²) in [5.41, 5.74) is 8.62. The van der Waals surface area contributed by atoms with Gasteiger partial charge in [0.05, 0.1) is 6.61 Å². The zero-order valence-corrected chi connectivity index (χ0v) is 9.85. The van der Waals surface area contributed by atoms with Crippen molar-refractivity contribution in [3.8, 4) is 5.75 Å². The van der Waals surface area contributed by atoms with Crippen molar-refractivity contribution < 1.29 is 4.74 Å². The Bertz CT molecular complexity index is 340. The van der Waals surface area contributed by atoms with Crippen molar-refractivity contribution in [3.63, 3.8) is 0 Å². The number of thioether (sulfide) groups is 1. The Balaban J connectivity index is 2.20. The Morgan fingerprint density at radius 2 is 2.40 bits per heavy atom. The Labute approximate surface area is 95.2 Å². The van der Waals surface area contributed by atoms with Crippen LogP contribution >= 0.6 is 11.8 Å². The smallest absolute Gasteiger partial charge is 0.122 e. The molecule has 0 bridgehead atoms. The molecule has 0 saturated heterocycles. The lowest BCUT2D eigenvalue weighted by Crippen LogP contribution is -2.14. The van der Waals surface area contributed by atoms with Crippen molar-refractivity contribution >= 4 is 11.8 Å². The Morgan fingerprint density at radius 3 is 3.20 bits per heavy atom. The molecule has 2 rings (SSSR count). The van der Waals surface area contributed by atoms with E-state index in [0.717, 1.165) is 31.0 Å². The highest BCUT2D eigenvalue weighted by Crippen LogP contribution is 2.27. The number of ether oxygens (including phenoxy) is 1. The van der Waals surface area contributed by atoms with E-state index in [1.54, 1.807) is 11.8 Å². The SMILES string of the molecule is CSCC(N)c1ccc2c(c1)CCCO2. The molecule has 1 aromatic rings. The van der Waals surface area contributed by atoms with E-state index in [1.165, 1.54) is 11.1 Å². The van der Waals surface area contributed by atoms with Crippen LogP contribution in [-0.2, 0) is 6.42 Å². The fraction of sp³-hybridized carbons (Fsp3) is 0.500. The highest BCUT2D eigenvalue weighted by Gasteiger charge is 2.13. The van der Waals surface area contributed by atoms with Crippen molar-refractivity contribution in [1.82, 2.24) is 0 Å². The van der Waals surface area contributed by atoms with Crippen LogP contribution in [0.25, 0.3) is 0 Å². The number of rotatable bonds is 3. The predicted octanol–water partition coefficient (Wildman–Crippen LogP) is 2.37. The van der Waals surface area contributed by atoms with Crippen molar-refractivity contribution in [3.05, 3.63) is 29.3 Å². The van der Waals surface area contributed by atoms with Crippen molar-refractivity contribution in [2.75, 3.05) is 18.6 Å². The van der Waals surface area contributed by atoms with Crippen LogP contribution in [0.3, 0.4) is 0 Å². The Morgan fingerprint density at radius 1 is 1.53 bits per heavy atom. The molecule has 0 radical (unpaired) electrons. The molecule has 0 fully saturated rings. The van der Waals surface area contributed by atoms with Gasteiger partial charge >= 0.3 is 0 Å². The fourth-order valence-electron chi connectivity index (χ4n) is 1.89. The molecule has 0 aromatic heterocycles. The molecule has 1 aromatic carbocycles. The fourth-order valence-corrected chi connectivity index (χ4v) is 2.44. The van der Waals surface area contributed by atoms with Crippen LogP contribution < -0.4 is 10.5 Å². The second-order valence-corrected chi connectivity index (χ2v) is 4.79. The summed E-state index contributed by atoms with van der Waals surface area (Å²) >= 11 is 1.79. The first-order valence-corrected chi connectivity index (χ1v) is 6.71. The monoisotopic (exact) mass is 223 g/mol. The molecule has 1 heterocycles. The van der Waals surface area contributed by atoms with Gasteiger partial charge < -0.3 is 10.5 Å². The van der Waals surface area contributed by atoms with E-state index in [9.17, 15) is 0 Å². The number of hydrogen-bond donors (Lipinski definition) is 1. The normalized spacial score (nSPS) is 16.7. The zero-order valence-electron chi connectivity index (χ0n) is 9.03. The van der Waals surface area contributed by atoms with Crippen LogP contribution in [0.1, 0.15) is 23.6 Å². The molecular weight excluding hydrogens is 206 g/mol. The first-order valence-electron chi connectivity index (χ1n) is 5.31. The maximum absolute atomic E-state index is 6.08. The van der Waals surface area contributed by atoms with Crippen molar-refractivity contribution in [2.24, 2.45) is 5.73 Å². The summed E-state index contributed by atoms with van der Waals surface area (Å²) in [4.78, 5) is 0. The zero-order chi connectivity index (χ0) is 10.7. The quantitative estimate of drug-likeness (QED) is 0.854. The lowest BCUT2D eigenvalue weighted by atomic mass is 10.0. The number of benzene rings is 1. The van der Waals surface area contributed by atoms with Gasteiger partial charge in [0.2, 0.25) is 0 Å². The van der Waals surface area contributed by atoms with Crippen LogP contribution in [0.4, 0.5) is 0 Å². The molecule has 1 aliphatic rings. The van der Waals surface area contributed by atoms with Crippen LogP contribution in [0.2, 0.25) is 0 Å². The highest BCUT2D eigenvalue weighted by atomic mass is 32.2. The maximum Gasteiger partial charge on any atom is 0.122 e. The topological polar surface area (TPSA) is 35.2 Å². The van der Waals surface area contributed by atoms with Crippen LogP contribution in [0, 0.1) is 0 Å². The van der Waals surface area contributed by atoms with E-state index < -0.39 is 0 Å². The maximum atomic E-state index is 6.08. The Kier molecular flexibility index (Phi) is 3.54. The van der Waals surface area contributed by atoms with Gasteiger partial charge in [-0.25, -0.2) is 0 Å². The van der Waals surface area contributed by atoms with Crippen LogP contribution in [0.5, 0.6) is 5.75 Å². The molecule has 0 saturated carbocycles. The van der Waals surface area contributed by atoms with E-state index in [-0.39, 0.29) is 6.04 Å². The number of nitrogens with two attached hydrogens (primary N) is 1. The van der Waals surface area contributed by atoms with E-state index >= 15 is 0 Å². The number of fused-ring (bicyclic) bond motifs is 1. The van der Waals surface area contributed by atoms with Gasteiger partial charge in [-0.05, 0) is 36.3 Å². The van der Waals surface area contributed by atoms with E-state index in [4.69, 9.17) is 10.5 Å². The van der Waals surface area contributed by atoms with E-state index in [2.05, 4.69) is 24.5 Å². The van der Waals surface area contributed by atoms with E-state index in [1.807, 2.05) is 0 Å². The summed E-state index contributed by atoms with van der Waals surface area (Å²) in [5.74, 6) is 2.01. The molecule has 1 aliphatic heterocycles. The largest absolute Gasteiger partial charge is 0.493 e. The second kappa shape index (κ2) is 4.90. The molecule has 0 spiro atoms. The third-order valence-electron chi connectivity index (χ3n) is 2.71. The van der Waals surface area contributed by atoms with Gasteiger partial charge in [-0.1, -0.05) is 12.1 Å². The van der Waals surface area contributed by atoms with Gasteiger partial charge in [-0.15, -0.1) is 0 Å². The predicted molar refractivity (Wildman–Crippen MR) is 65.6 cm³/mol. The second-order valence-electron chi connectivity index (χ2n) is 3.88. The standard InChI is InChI=1S/C12H17NOS/c1-15-8-11(13)9-4-5-12-10(7-9)3-2-6-14-12/h4-5,7,11H,2-3,6,8,13H2,1H3. The minimum Gasteiger partial charge on any atom is -0.493 e. The third kappa shape index (κ3) is 2.47.